The van der Waals surface area contributed by atoms with E-state index in [1.807, 2.05) is 43.3 Å². The Morgan fingerprint density at radius 2 is 1.45 bits per heavy atom. The van der Waals surface area contributed by atoms with Crippen LogP contribution in [0.1, 0.15) is 49.6 Å². The number of anilines is 2. The van der Waals surface area contributed by atoms with Gasteiger partial charge in [-0.15, -0.1) is 0 Å². The molecule has 0 spiro atoms. The predicted octanol–water partition coefficient (Wildman–Crippen LogP) is 5.37. The molecule has 2 aromatic carbocycles. The summed E-state index contributed by atoms with van der Waals surface area (Å²) in [5.74, 6) is 6.27. The Kier molecular flexibility index (Phi) is 7.49. The highest BCUT2D eigenvalue weighted by Crippen LogP contribution is 2.37. The van der Waals surface area contributed by atoms with Gasteiger partial charge in [-0.05, 0) is 67.3 Å². The van der Waals surface area contributed by atoms with Crippen molar-refractivity contribution in [2.45, 2.75) is 51.7 Å². The number of hydrogen-bond acceptors (Lipinski definition) is 7. The fourth-order valence-electron chi connectivity index (χ4n) is 5.49. The molecule has 2 atom stereocenters. The lowest BCUT2D eigenvalue weighted by molar-refractivity contribution is 0.110. The minimum absolute atomic E-state index is 0.118. The number of nitrogens with zero attached hydrogens (tertiary/aromatic N) is 5. The molecule has 0 bridgehead atoms. The van der Waals surface area contributed by atoms with Crippen LogP contribution in [0.25, 0.3) is 11.0 Å². The van der Waals surface area contributed by atoms with Crippen molar-refractivity contribution >= 4 is 22.8 Å². The molecule has 1 aliphatic heterocycles. The van der Waals surface area contributed by atoms with Crippen molar-refractivity contribution in [3.8, 4) is 0 Å². The van der Waals surface area contributed by atoms with E-state index in [0.29, 0.717) is 12.5 Å². The van der Waals surface area contributed by atoms with E-state index in [-0.39, 0.29) is 29.8 Å². The molecule has 4 aromatic rings. The van der Waals surface area contributed by atoms with Gasteiger partial charge in [0.05, 0.1) is 11.6 Å². The highest BCUT2D eigenvalue weighted by atomic mass is 19.1. The van der Waals surface area contributed by atoms with E-state index in [2.05, 4.69) is 34.1 Å². The van der Waals surface area contributed by atoms with Gasteiger partial charge < -0.3 is 4.90 Å². The van der Waals surface area contributed by atoms with Gasteiger partial charge in [0.25, 0.3) is 0 Å². The molecule has 2 aromatic heterocycles. The summed E-state index contributed by atoms with van der Waals surface area (Å²) in [5, 5.41) is 0. The van der Waals surface area contributed by atoms with Crippen LogP contribution in [0, 0.1) is 18.6 Å². The van der Waals surface area contributed by atoms with Crippen LogP contribution in [0.15, 0.2) is 60.7 Å². The SMILES string of the molecule is CC[C@H]1CN(C(c2ccc(F)cc2)c2ccc(F)cc2)[C@H](CC)CN1c1nc(NN)nc2ccc(C)nc12. The second kappa shape index (κ2) is 11.0. The van der Waals surface area contributed by atoms with Gasteiger partial charge in [0.15, 0.2) is 5.82 Å². The second-order valence-electron chi connectivity index (χ2n) is 9.81. The lowest BCUT2D eigenvalue weighted by Crippen LogP contribution is -2.59. The Bertz CT molecular complexity index is 1350. The molecule has 0 radical (unpaired) electrons. The first-order valence-corrected chi connectivity index (χ1v) is 13.1. The molecule has 0 unspecified atom stereocenters. The number of piperazine rings is 1. The Morgan fingerprint density at radius 1 is 0.842 bits per heavy atom. The topological polar surface area (TPSA) is 83.2 Å². The Hall–Kier alpha value is -3.69. The highest BCUT2D eigenvalue weighted by Gasteiger charge is 2.38. The fourth-order valence-corrected chi connectivity index (χ4v) is 5.49. The van der Waals surface area contributed by atoms with Gasteiger partial charge >= 0.3 is 0 Å². The predicted molar refractivity (Wildman–Crippen MR) is 147 cm³/mol. The van der Waals surface area contributed by atoms with Crippen LogP contribution >= 0.6 is 0 Å². The summed E-state index contributed by atoms with van der Waals surface area (Å²) in [4.78, 5) is 18.9. The third kappa shape index (κ3) is 5.04. The standard InChI is InChI=1S/C29H33F2N7/c1-4-23-17-38(28-26-25(15-6-18(3)33-26)34-29(35-28)36-32)24(5-2)16-37(23)27(19-7-11-21(30)12-8-19)20-9-13-22(31)14-10-20/h6-15,23-24,27H,4-5,16-17,32H2,1-3H3,(H,34,35,36)/t23-,24+/m1/s1. The van der Waals surface area contributed by atoms with Crippen molar-refractivity contribution in [2.24, 2.45) is 5.84 Å². The lowest BCUT2D eigenvalue weighted by Gasteiger charge is -2.50. The molecule has 3 heterocycles. The monoisotopic (exact) mass is 517 g/mol. The van der Waals surface area contributed by atoms with Crippen molar-refractivity contribution in [1.82, 2.24) is 19.9 Å². The Balaban J connectivity index is 1.58. The number of pyridine rings is 1. The smallest absolute Gasteiger partial charge is 0.239 e. The molecule has 1 aliphatic rings. The molecule has 9 heteroatoms. The summed E-state index contributed by atoms with van der Waals surface area (Å²) in [6, 6.07) is 17.2. The van der Waals surface area contributed by atoms with Crippen molar-refractivity contribution < 1.29 is 8.78 Å². The number of nitrogen functional groups attached to an aromatic ring is 1. The minimum Gasteiger partial charge on any atom is -0.349 e. The summed E-state index contributed by atoms with van der Waals surface area (Å²) < 4.78 is 27.7. The molecular weight excluding hydrogens is 484 g/mol. The minimum atomic E-state index is -0.280. The zero-order valence-electron chi connectivity index (χ0n) is 21.9. The number of rotatable bonds is 7. The summed E-state index contributed by atoms with van der Waals surface area (Å²) in [5.41, 5.74) is 6.92. The van der Waals surface area contributed by atoms with Crippen LogP contribution in [0.3, 0.4) is 0 Å². The zero-order chi connectivity index (χ0) is 26.8. The number of nitrogens with one attached hydrogen (secondary N) is 1. The highest BCUT2D eigenvalue weighted by molar-refractivity contribution is 5.87. The average molecular weight is 518 g/mol. The maximum absolute atomic E-state index is 13.9. The van der Waals surface area contributed by atoms with Gasteiger partial charge in [0.1, 0.15) is 17.2 Å². The summed E-state index contributed by atoms with van der Waals surface area (Å²) in [6.07, 6.45) is 1.75. The first-order chi connectivity index (χ1) is 18.4. The molecular formula is C29H33F2N7. The molecule has 38 heavy (non-hydrogen) atoms. The van der Waals surface area contributed by atoms with Gasteiger partial charge in [0, 0.05) is 30.9 Å². The van der Waals surface area contributed by atoms with E-state index in [9.17, 15) is 8.78 Å². The van der Waals surface area contributed by atoms with Gasteiger partial charge in [-0.2, -0.15) is 4.98 Å². The van der Waals surface area contributed by atoms with Gasteiger partial charge in [-0.1, -0.05) is 38.1 Å². The van der Waals surface area contributed by atoms with E-state index >= 15 is 0 Å². The lowest BCUT2D eigenvalue weighted by atomic mass is 9.91. The number of halogens is 2. The molecule has 1 saturated heterocycles. The summed E-state index contributed by atoms with van der Waals surface area (Å²) >= 11 is 0. The number of aromatic nitrogens is 3. The van der Waals surface area contributed by atoms with Crippen LogP contribution in [0.2, 0.25) is 0 Å². The maximum Gasteiger partial charge on any atom is 0.239 e. The van der Waals surface area contributed by atoms with Crippen LogP contribution in [-0.2, 0) is 0 Å². The number of fused-ring (bicyclic) bond motifs is 1. The first kappa shape index (κ1) is 25.9. The number of aryl methyl sites for hydroxylation is 1. The van der Waals surface area contributed by atoms with Gasteiger partial charge in [0.2, 0.25) is 5.95 Å². The molecule has 0 aliphatic carbocycles. The third-order valence-corrected chi connectivity index (χ3v) is 7.45. The van der Waals surface area contributed by atoms with Crippen molar-refractivity contribution in [3.05, 3.63) is 89.1 Å². The van der Waals surface area contributed by atoms with Crippen LogP contribution < -0.4 is 16.2 Å². The number of hydrogen-bond donors (Lipinski definition) is 2. The largest absolute Gasteiger partial charge is 0.349 e. The first-order valence-electron chi connectivity index (χ1n) is 13.1. The second-order valence-corrected chi connectivity index (χ2v) is 9.81. The normalized spacial score (nSPS) is 18.3. The van der Waals surface area contributed by atoms with Crippen molar-refractivity contribution in [1.29, 1.82) is 0 Å². The molecule has 198 valence electrons. The van der Waals surface area contributed by atoms with E-state index in [4.69, 9.17) is 15.8 Å². The number of hydrazine groups is 1. The Labute approximate surface area is 221 Å². The zero-order valence-corrected chi connectivity index (χ0v) is 21.9. The molecule has 5 rings (SSSR count). The van der Waals surface area contributed by atoms with Crippen LogP contribution in [0.4, 0.5) is 20.5 Å². The van der Waals surface area contributed by atoms with E-state index in [1.54, 1.807) is 0 Å². The number of benzene rings is 2. The van der Waals surface area contributed by atoms with E-state index < -0.39 is 0 Å². The van der Waals surface area contributed by atoms with Crippen molar-refractivity contribution in [2.75, 3.05) is 23.4 Å². The summed E-state index contributed by atoms with van der Waals surface area (Å²) in [6.45, 7) is 7.73. The van der Waals surface area contributed by atoms with Gasteiger partial charge in [-0.25, -0.2) is 24.6 Å². The Morgan fingerprint density at radius 3 is 2.00 bits per heavy atom. The van der Waals surface area contributed by atoms with Crippen LogP contribution in [-0.4, -0.2) is 45.0 Å². The quantitative estimate of drug-likeness (QED) is 0.252. The molecule has 3 N–H and O–H groups in total. The molecule has 1 fully saturated rings. The average Bonchev–Trinajstić information content (AvgIpc) is 2.94. The summed E-state index contributed by atoms with van der Waals surface area (Å²) in [7, 11) is 0. The maximum atomic E-state index is 13.9. The van der Waals surface area contributed by atoms with Gasteiger partial charge in [-0.3, -0.25) is 10.3 Å². The van der Waals surface area contributed by atoms with Crippen LogP contribution in [0.5, 0.6) is 0 Å². The molecule has 0 amide bonds. The van der Waals surface area contributed by atoms with E-state index in [1.165, 1.54) is 24.3 Å². The van der Waals surface area contributed by atoms with E-state index in [0.717, 1.165) is 53.1 Å². The molecule has 7 nitrogen and oxygen atoms in total. The molecule has 0 saturated carbocycles. The number of nitrogens with two attached hydrogens (primary N) is 1. The van der Waals surface area contributed by atoms with Crippen molar-refractivity contribution in [3.63, 3.8) is 0 Å². The third-order valence-electron chi connectivity index (χ3n) is 7.45. The fraction of sp³-hybridized carbons (Fsp3) is 0.345.